The third-order valence-electron chi connectivity index (χ3n) is 3.02. The molecule has 2 aromatic rings. The van der Waals surface area contributed by atoms with Gasteiger partial charge in [0, 0.05) is 18.0 Å². The second kappa shape index (κ2) is 6.90. The summed E-state index contributed by atoms with van der Waals surface area (Å²) in [5.74, 6) is -0.735. The number of hydrogen-bond acceptors (Lipinski definition) is 2. The number of aromatic carboxylic acids is 1. The molecule has 0 spiro atoms. The number of halogens is 1. The summed E-state index contributed by atoms with van der Waals surface area (Å²) in [6.45, 7) is 0.343. The van der Waals surface area contributed by atoms with Crippen LogP contribution in [-0.4, -0.2) is 17.0 Å². The van der Waals surface area contributed by atoms with Crippen molar-refractivity contribution in [3.63, 3.8) is 0 Å². The maximum atomic E-state index is 12.0. The van der Waals surface area contributed by atoms with Gasteiger partial charge in [-0.25, -0.2) is 4.79 Å². The zero-order valence-corrected chi connectivity index (χ0v) is 11.9. The molecule has 0 fully saturated rings. The molecule has 2 rings (SSSR count). The minimum atomic E-state index is -0.968. The summed E-state index contributed by atoms with van der Waals surface area (Å²) in [6.07, 6.45) is 0. The number of carbonyl (C=O) groups excluding carboxylic acids is 1. The molecule has 0 bridgehead atoms. The van der Waals surface area contributed by atoms with Crippen LogP contribution in [0.4, 0.5) is 0 Å². The van der Waals surface area contributed by atoms with Gasteiger partial charge < -0.3 is 10.4 Å². The number of nitrogens with one attached hydrogen (secondary N) is 1. The molecule has 0 atom stereocenters. The highest BCUT2D eigenvalue weighted by Crippen LogP contribution is 2.08. The number of carboxylic acids is 1. The molecule has 0 heterocycles. The molecular weight excluding hydrogens is 290 g/mol. The van der Waals surface area contributed by atoms with E-state index in [2.05, 4.69) is 5.32 Å². The average molecular weight is 304 g/mol. The van der Waals surface area contributed by atoms with E-state index in [4.69, 9.17) is 16.7 Å². The predicted octanol–water partition coefficient (Wildman–Crippen LogP) is 3.05. The van der Waals surface area contributed by atoms with Gasteiger partial charge in [-0.1, -0.05) is 24.3 Å². The molecular formula is C16H14ClNO3. The first-order chi connectivity index (χ1) is 10.1. The van der Waals surface area contributed by atoms with Crippen LogP contribution >= 0.6 is 11.6 Å². The molecule has 0 aliphatic carbocycles. The largest absolute Gasteiger partial charge is 0.478 e. The molecule has 21 heavy (non-hydrogen) atoms. The van der Waals surface area contributed by atoms with Crippen molar-refractivity contribution >= 4 is 23.5 Å². The van der Waals surface area contributed by atoms with Crippen molar-refractivity contribution in [3.8, 4) is 0 Å². The maximum Gasteiger partial charge on any atom is 0.335 e. The van der Waals surface area contributed by atoms with E-state index in [-0.39, 0.29) is 11.5 Å². The van der Waals surface area contributed by atoms with Crippen LogP contribution in [0.2, 0.25) is 0 Å². The highest BCUT2D eigenvalue weighted by atomic mass is 35.5. The van der Waals surface area contributed by atoms with Crippen LogP contribution in [0.1, 0.15) is 31.8 Å². The fourth-order valence-corrected chi connectivity index (χ4v) is 1.97. The van der Waals surface area contributed by atoms with Gasteiger partial charge in [-0.2, -0.15) is 0 Å². The van der Waals surface area contributed by atoms with Crippen molar-refractivity contribution < 1.29 is 14.7 Å². The lowest BCUT2D eigenvalue weighted by Crippen LogP contribution is -2.22. The van der Waals surface area contributed by atoms with Gasteiger partial charge in [0.2, 0.25) is 0 Å². The Morgan fingerprint density at radius 1 is 0.905 bits per heavy atom. The minimum absolute atomic E-state index is 0.182. The lowest BCUT2D eigenvalue weighted by atomic mass is 10.1. The molecule has 4 nitrogen and oxygen atoms in total. The molecule has 108 valence electrons. The summed E-state index contributed by atoms with van der Waals surface area (Å²) in [5.41, 5.74) is 2.58. The van der Waals surface area contributed by atoms with Gasteiger partial charge in [0.05, 0.1) is 5.56 Å². The fourth-order valence-electron chi connectivity index (χ4n) is 1.79. The molecule has 2 N–H and O–H groups in total. The zero-order chi connectivity index (χ0) is 15.2. The van der Waals surface area contributed by atoms with Gasteiger partial charge >= 0.3 is 5.97 Å². The number of amides is 1. The van der Waals surface area contributed by atoms with Gasteiger partial charge in [0.1, 0.15) is 0 Å². The third kappa shape index (κ3) is 4.07. The second-order valence-corrected chi connectivity index (χ2v) is 4.78. The SMILES string of the molecule is O=C(O)c1ccc(CNC(=O)c2ccc(CCl)cc2)cc1. The van der Waals surface area contributed by atoms with E-state index in [0.29, 0.717) is 18.0 Å². The number of carboxylic acid groups (broad SMARTS) is 1. The van der Waals surface area contributed by atoms with Crippen LogP contribution in [0.15, 0.2) is 48.5 Å². The Balaban J connectivity index is 1.95. The number of carbonyl (C=O) groups is 2. The minimum Gasteiger partial charge on any atom is -0.478 e. The van der Waals surface area contributed by atoms with Crippen LogP contribution in [0.3, 0.4) is 0 Å². The molecule has 2 aromatic carbocycles. The molecule has 0 aliphatic rings. The Morgan fingerprint density at radius 3 is 1.95 bits per heavy atom. The Morgan fingerprint density at radius 2 is 1.43 bits per heavy atom. The molecule has 0 aromatic heterocycles. The van der Waals surface area contributed by atoms with E-state index in [1.807, 2.05) is 12.1 Å². The van der Waals surface area contributed by atoms with Gasteiger partial charge in [-0.3, -0.25) is 4.79 Å². The summed E-state index contributed by atoms with van der Waals surface area (Å²) in [6, 6.07) is 13.5. The van der Waals surface area contributed by atoms with Crippen molar-refractivity contribution in [2.45, 2.75) is 12.4 Å². The van der Waals surface area contributed by atoms with E-state index in [0.717, 1.165) is 11.1 Å². The molecule has 0 saturated carbocycles. The molecule has 0 unspecified atom stereocenters. The van der Waals surface area contributed by atoms with E-state index >= 15 is 0 Å². The smallest absolute Gasteiger partial charge is 0.335 e. The average Bonchev–Trinajstić information content (AvgIpc) is 2.53. The second-order valence-electron chi connectivity index (χ2n) is 4.52. The van der Waals surface area contributed by atoms with Crippen LogP contribution in [0.25, 0.3) is 0 Å². The number of hydrogen-bond donors (Lipinski definition) is 2. The van der Waals surface area contributed by atoms with Gasteiger partial charge in [-0.15, -0.1) is 11.6 Å². The fraction of sp³-hybridized carbons (Fsp3) is 0.125. The number of rotatable bonds is 5. The number of benzene rings is 2. The van der Waals surface area contributed by atoms with Gasteiger partial charge in [0.15, 0.2) is 0 Å². The maximum absolute atomic E-state index is 12.0. The zero-order valence-electron chi connectivity index (χ0n) is 11.2. The van der Waals surface area contributed by atoms with Gasteiger partial charge in [0.25, 0.3) is 5.91 Å². The molecule has 0 aliphatic heterocycles. The van der Waals surface area contributed by atoms with Crippen LogP contribution in [0.5, 0.6) is 0 Å². The van der Waals surface area contributed by atoms with Crippen LogP contribution in [-0.2, 0) is 12.4 Å². The first kappa shape index (κ1) is 15.1. The molecule has 1 amide bonds. The Labute approximate surface area is 127 Å². The predicted molar refractivity (Wildman–Crippen MR) is 80.6 cm³/mol. The van der Waals surface area contributed by atoms with Crippen LogP contribution in [0, 0.1) is 0 Å². The van der Waals surface area contributed by atoms with E-state index in [1.54, 1.807) is 24.3 Å². The topological polar surface area (TPSA) is 66.4 Å². The quantitative estimate of drug-likeness (QED) is 0.834. The van der Waals surface area contributed by atoms with Crippen molar-refractivity contribution in [1.29, 1.82) is 0 Å². The van der Waals surface area contributed by atoms with Crippen molar-refractivity contribution in [1.82, 2.24) is 5.32 Å². The first-order valence-electron chi connectivity index (χ1n) is 6.35. The Bertz CT molecular complexity index is 636. The van der Waals surface area contributed by atoms with Crippen molar-refractivity contribution in [3.05, 3.63) is 70.8 Å². The highest BCUT2D eigenvalue weighted by Gasteiger charge is 2.06. The molecule has 5 heteroatoms. The third-order valence-corrected chi connectivity index (χ3v) is 3.33. The summed E-state index contributed by atoms with van der Waals surface area (Å²) < 4.78 is 0. The monoisotopic (exact) mass is 303 g/mol. The summed E-state index contributed by atoms with van der Waals surface area (Å²) in [5, 5.41) is 11.6. The summed E-state index contributed by atoms with van der Waals surface area (Å²) in [7, 11) is 0. The highest BCUT2D eigenvalue weighted by molar-refractivity contribution is 6.17. The summed E-state index contributed by atoms with van der Waals surface area (Å²) in [4.78, 5) is 22.7. The normalized spacial score (nSPS) is 10.1. The lowest BCUT2D eigenvalue weighted by Gasteiger charge is -2.06. The lowest BCUT2D eigenvalue weighted by molar-refractivity contribution is 0.0696. The van der Waals surface area contributed by atoms with E-state index < -0.39 is 5.97 Å². The van der Waals surface area contributed by atoms with E-state index in [9.17, 15) is 9.59 Å². The van der Waals surface area contributed by atoms with E-state index in [1.165, 1.54) is 12.1 Å². The Kier molecular flexibility index (Phi) is 4.95. The van der Waals surface area contributed by atoms with Crippen molar-refractivity contribution in [2.75, 3.05) is 0 Å². The molecule has 0 radical (unpaired) electrons. The van der Waals surface area contributed by atoms with Crippen molar-refractivity contribution in [2.24, 2.45) is 0 Å². The number of alkyl halides is 1. The molecule has 0 saturated heterocycles. The standard InChI is InChI=1S/C16H14ClNO3/c17-9-11-1-5-13(6-2-11)15(19)18-10-12-3-7-14(8-4-12)16(20)21/h1-8H,9-10H2,(H,18,19)(H,20,21). The summed E-state index contributed by atoms with van der Waals surface area (Å²) >= 11 is 5.69. The van der Waals surface area contributed by atoms with Gasteiger partial charge in [-0.05, 0) is 35.4 Å². The Hall–Kier alpha value is -2.33. The first-order valence-corrected chi connectivity index (χ1v) is 6.89. The van der Waals surface area contributed by atoms with Crippen LogP contribution < -0.4 is 5.32 Å².